The van der Waals surface area contributed by atoms with E-state index in [1.165, 1.54) is 0 Å². The first-order valence-electron chi connectivity index (χ1n) is 11.7. The van der Waals surface area contributed by atoms with Gasteiger partial charge in [-0.05, 0) is 49.2 Å². The van der Waals surface area contributed by atoms with Crippen LogP contribution in [0.5, 0.6) is 0 Å². The first-order chi connectivity index (χ1) is 17.0. The van der Waals surface area contributed by atoms with Gasteiger partial charge in [0, 0.05) is 30.4 Å². The van der Waals surface area contributed by atoms with Crippen LogP contribution in [0.2, 0.25) is 0 Å². The molecular weight excluding hydrogens is 440 g/mol. The van der Waals surface area contributed by atoms with Crippen LogP contribution in [0.4, 0.5) is 11.4 Å². The monoisotopic (exact) mass is 470 g/mol. The van der Waals surface area contributed by atoms with E-state index in [2.05, 4.69) is 16.0 Å². The second-order valence-electron chi connectivity index (χ2n) is 8.48. The Hall–Kier alpha value is -3.94. The van der Waals surface area contributed by atoms with Crippen molar-refractivity contribution in [3.63, 3.8) is 0 Å². The van der Waals surface area contributed by atoms with Crippen molar-refractivity contribution in [3.8, 4) is 0 Å². The second kappa shape index (κ2) is 11.0. The Morgan fingerprint density at radius 1 is 1.03 bits per heavy atom. The van der Waals surface area contributed by atoms with Gasteiger partial charge in [0.2, 0.25) is 0 Å². The fourth-order valence-corrected chi connectivity index (χ4v) is 3.94. The van der Waals surface area contributed by atoms with E-state index in [9.17, 15) is 9.59 Å². The van der Waals surface area contributed by atoms with Crippen molar-refractivity contribution in [1.29, 1.82) is 0 Å². The number of rotatable bonds is 9. The lowest BCUT2D eigenvalue weighted by Gasteiger charge is -2.15. The number of benzene rings is 3. The Labute approximate surface area is 205 Å². The zero-order valence-corrected chi connectivity index (χ0v) is 19.9. The minimum absolute atomic E-state index is 0.102. The molecular formula is C28H30N4O3. The number of carbonyl (C=O) groups is 2. The van der Waals surface area contributed by atoms with Crippen LogP contribution in [0.15, 0.2) is 72.8 Å². The van der Waals surface area contributed by atoms with Gasteiger partial charge in [0.1, 0.15) is 0 Å². The number of esters is 1. The van der Waals surface area contributed by atoms with Gasteiger partial charge in [0.25, 0.3) is 5.91 Å². The summed E-state index contributed by atoms with van der Waals surface area (Å²) < 4.78 is 5.10. The van der Waals surface area contributed by atoms with Crippen molar-refractivity contribution in [1.82, 2.24) is 5.32 Å². The summed E-state index contributed by atoms with van der Waals surface area (Å²) in [5.41, 5.74) is 11.6. The third kappa shape index (κ3) is 5.77. The van der Waals surface area contributed by atoms with E-state index in [4.69, 9.17) is 10.5 Å². The van der Waals surface area contributed by atoms with Crippen LogP contribution >= 0.6 is 0 Å². The lowest BCUT2D eigenvalue weighted by Crippen LogP contribution is -2.30. The number of amides is 1. The van der Waals surface area contributed by atoms with Crippen molar-refractivity contribution < 1.29 is 14.3 Å². The zero-order chi connectivity index (χ0) is 24.8. The molecule has 3 aromatic rings. The van der Waals surface area contributed by atoms with Crippen molar-refractivity contribution in [2.75, 3.05) is 23.8 Å². The van der Waals surface area contributed by atoms with Gasteiger partial charge in [-0.3, -0.25) is 4.79 Å². The van der Waals surface area contributed by atoms with Crippen LogP contribution in [0.1, 0.15) is 40.9 Å². The summed E-state index contributed by atoms with van der Waals surface area (Å²) in [6.45, 7) is 5.49. The minimum Gasteiger partial charge on any atom is -0.462 e. The number of nitrogens with one attached hydrogen (secondary N) is 3. The van der Waals surface area contributed by atoms with Gasteiger partial charge >= 0.3 is 5.97 Å². The number of carbonyl (C=O) groups excluding carboxylic acids is 2. The number of anilines is 2. The molecule has 0 aliphatic carbocycles. The zero-order valence-electron chi connectivity index (χ0n) is 19.9. The summed E-state index contributed by atoms with van der Waals surface area (Å²) >= 11 is 0. The molecule has 1 aliphatic heterocycles. The molecule has 5 N–H and O–H groups in total. The van der Waals surface area contributed by atoms with Gasteiger partial charge in [-0.1, -0.05) is 48.5 Å². The topological polar surface area (TPSA) is 105 Å². The maximum atomic E-state index is 13.1. The molecule has 4 rings (SSSR count). The highest BCUT2D eigenvalue weighted by Gasteiger charge is 2.29. The molecule has 0 spiro atoms. The molecule has 1 unspecified atom stereocenters. The highest BCUT2D eigenvalue weighted by molar-refractivity contribution is 6.37. The molecule has 1 aliphatic rings. The molecule has 7 nitrogen and oxygen atoms in total. The van der Waals surface area contributed by atoms with Crippen LogP contribution in [0.3, 0.4) is 0 Å². The first-order valence-corrected chi connectivity index (χ1v) is 11.7. The summed E-state index contributed by atoms with van der Waals surface area (Å²) in [4.78, 5) is 25.3. The lowest BCUT2D eigenvalue weighted by atomic mass is 9.99. The van der Waals surface area contributed by atoms with E-state index in [1.807, 2.05) is 61.5 Å². The van der Waals surface area contributed by atoms with Crippen LogP contribution in [-0.2, 0) is 16.1 Å². The quantitative estimate of drug-likeness (QED) is 0.276. The molecule has 0 fully saturated rings. The Bertz CT molecular complexity index is 1230. The molecule has 0 radical (unpaired) electrons. The van der Waals surface area contributed by atoms with E-state index in [1.54, 1.807) is 25.1 Å². The van der Waals surface area contributed by atoms with Crippen LogP contribution in [0.25, 0.3) is 11.3 Å². The van der Waals surface area contributed by atoms with Gasteiger partial charge in [-0.2, -0.15) is 0 Å². The maximum Gasteiger partial charge on any atom is 0.338 e. The molecule has 35 heavy (non-hydrogen) atoms. The van der Waals surface area contributed by atoms with E-state index in [0.717, 1.165) is 35.5 Å². The fourth-order valence-electron chi connectivity index (χ4n) is 3.94. The first kappa shape index (κ1) is 24.2. The normalized spacial score (nSPS) is 14.7. The average molecular weight is 471 g/mol. The van der Waals surface area contributed by atoms with Gasteiger partial charge < -0.3 is 26.4 Å². The molecule has 7 heteroatoms. The predicted octanol–water partition coefficient (Wildman–Crippen LogP) is 4.23. The molecule has 0 saturated carbocycles. The van der Waals surface area contributed by atoms with E-state index in [0.29, 0.717) is 22.5 Å². The average Bonchev–Trinajstić information content (AvgIpc) is 3.18. The number of ether oxygens (including phenoxy) is 1. The van der Waals surface area contributed by atoms with Crippen LogP contribution in [0, 0.1) is 0 Å². The third-order valence-corrected chi connectivity index (χ3v) is 5.61. The molecule has 1 amide bonds. The number of hydrogen-bond donors (Lipinski definition) is 4. The summed E-state index contributed by atoms with van der Waals surface area (Å²) in [6.07, 6.45) is 0. The predicted molar refractivity (Wildman–Crippen MR) is 140 cm³/mol. The third-order valence-electron chi connectivity index (χ3n) is 5.61. The Kier molecular flexibility index (Phi) is 7.60. The Balaban J connectivity index is 1.67. The SMILES string of the molecule is CCOC(=O)c1ccc2c(c1)NC(=O)/C2=C(\Nc1ccc(CNCC(C)N)cc1)c1ccccc1. The van der Waals surface area contributed by atoms with E-state index < -0.39 is 5.97 Å². The molecule has 3 aromatic carbocycles. The van der Waals surface area contributed by atoms with Crippen molar-refractivity contribution in [3.05, 3.63) is 95.1 Å². The molecule has 0 saturated heterocycles. The second-order valence-corrected chi connectivity index (χ2v) is 8.48. The highest BCUT2D eigenvalue weighted by atomic mass is 16.5. The number of fused-ring (bicyclic) bond motifs is 1. The van der Waals surface area contributed by atoms with E-state index >= 15 is 0 Å². The summed E-state index contributed by atoms with van der Waals surface area (Å²) in [6, 6.07) is 23.0. The molecule has 1 heterocycles. The van der Waals surface area contributed by atoms with Gasteiger partial charge in [0.15, 0.2) is 0 Å². The lowest BCUT2D eigenvalue weighted by molar-refractivity contribution is -0.110. The Morgan fingerprint density at radius 3 is 2.46 bits per heavy atom. The highest BCUT2D eigenvalue weighted by Crippen LogP contribution is 2.38. The fraction of sp³-hybridized carbons (Fsp3) is 0.214. The van der Waals surface area contributed by atoms with Gasteiger partial charge in [0.05, 0.1) is 29.1 Å². The smallest absolute Gasteiger partial charge is 0.338 e. The molecule has 0 bridgehead atoms. The van der Waals surface area contributed by atoms with Gasteiger partial charge in [-0.25, -0.2) is 4.79 Å². The molecule has 180 valence electrons. The summed E-state index contributed by atoms with van der Waals surface area (Å²) in [7, 11) is 0. The van der Waals surface area contributed by atoms with Crippen LogP contribution in [-0.4, -0.2) is 31.1 Å². The maximum absolute atomic E-state index is 13.1. The Morgan fingerprint density at radius 2 is 1.77 bits per heavy atom. The van der Waals surface area contributed by atoms with Crippen molar-refractivity contribution >= 4 is 34.5 Å². The number of hydrogen-bond acceptors (Lipinski definition) is 6. The standard InChI is InChI=1S/C28H30N4O3/c1-3-35-28(34)21-11-14-23-24(15-21)32-27(33)25(23)26(20-7-5-4-6-8-20)31-22-12-9-19(10-13-22)17-30-16-18(2)29/h4-15,18,30-31H,3,16-17,29H2,1-2H3,(H,32,33)/b26-25-. The van der Waals surface area contributed by atoms with Crippen molar-refractivity contribution in [2.45, 2.75) is 26.4 Å². The van der Waals surface area contributed by atoms with Gasteiger partial charge in [-0.15, -0.1) is 0 Å². The van der Waals surface area contributed by atoms with E-state index in [-0.39, 0.29) is 18.6 Å². The minimum atomic E-state index is -0.418. The van der Waals surface area contributed by atoms with Crippen LogP contribution < -0.4 is 21.7 Å². The van der Waals surface area contributed by atoms with Crippen molar-refractivity contribution in [2.24, 2.45) is 5.73 Å². The largest absolute Gasteiger partial charge is 0.462 e. The number of nitrogens with two attached hydrogens (primary N) is 1. The summed E-state index contributed by atoms with van der Waals surface area (Å²) in [5.74, 6) is -0.650. The molecule has 1 atom stereocenters. The molecule has 0 aromatic heterocycles. The summed E-state index contributed by atoms with van der Waals surface area (Å²) in [5, 5.41) is 9.68.